The summed E-state index contributed by atoms with van der Waals surface area (Å²) in [6.45, 7) is -0.376. The average Bonchev–Trinajstić information content (AvgIpc) is 2.63. The van der Waals surface area contributed by atoms with Crippen molar-refractivity contribution in [3.05, 3.63) is 64.7 Å². The van der Waals surface area contributed by atoms with Crippen molar-refractivity contribution in [2.24, 2.45) is 0 Å². The van der Waals surface area contributed by atoms with E-state index in [1.807, 2.05) is 18.2 Å². The highest BCUT2D eigenvalue weighted by molar-refractivity contribution is 6.13. The van der Waals surface area contributed by atoms with Crippen molar-refractivity contribution in [3.8, 4) is 11.5 Å². The van der Waals surface area contributed by atoms with Crippen LogP contribution in [0.3, 0.4) is 0 Å². The van der Waals surface area contributed by atoms with Gasteiger partial charge in [0.1, 0.15) is 11.5 Å². The fraction of sp³-hybridized carbons (Fsp3) is 0.200. The number of ether oxygens (including phenoxy) is 2. The van der Waals surface area contributed by atoms with Crippen LogP contribution in [0.2, 0.25) is 0 Å². The molecule has 0 bridgehead atoms. The Bertz CT molecular complexity index is 834. The van der Waals surface area contributed by atoms with E-state index < -0.39 is 5.97 Å². The highest BCUT2D eigenvalue weighted by atomic mass is 16.5. The molecule has 1 aliphatic carbocycles. The quantitative estimate of drug-likeness (QED) is 0.846. The Morgan fingerprint density at radius 3 is 2.52 bits per heavy atom. The van der Waals surface area contributed by atoms with Gasteiger partial charge in [0, 0.05) is 11.1 Å². The molecule has 0 aromatic heterocycles. The minimum absolute atomic E-state index is 0.0371. The molecule has 0 aliphatic heterocycles. The van der Waals surface area contributed by atoms with Gasteiger partial charge < -0.3 is 14.6 Å². The van der Waals surface area contributed by atoms with Crippen LogP contribution in [0.5, 0.6) is 11.5 Å². The largest absolute Gasteiger partial charge is 0.497 e. The number of carboxylic acids is 1. The van der Waals surface area contributed by atoms with Crippen LogP contribution in [0, 0.1) is 0 Å². The minimum atomic E-state index is -1.02. The van der Waals surface area contributed by atoms with Gasteiger partial charge in [0.05, 0.1) is 7.11 Å². The van der Waals surface area contributed by atoms with Gasteiger partial charge in [-0.2, -0.15) is 0 Å². The Balaban J connectivity index is 1.77. The zero-order chi connectivity index (χ0) is 17.8. The van der Waals surface area contributed by atoms with E-state index in [1.54, 1.807) is 37.4 Å². The molecule has 0 saturated heterocycles. The second-order valence-electron chi connectivity index (χ2n) is 5.77. The first-order valence-corrected chi connectivity index (χ1v) is 7.93. The maximum absolute atomic E-state index is 12.7. The summed E-state index contributed by atoms with van der Waals surface area (Å²) in [6, 6.07) is 12.5. The fourth-order valence-electron chi connectivity index (χ4n) is 2.83. The van der Waals surface area contributed by atoms with E-state index in [0.29, 0.717) is 12.2 Å². The monoisotopic (exact) mass is 338 g/mol. The minimum Gasteiger partial charge on any atom is -0.497 e. The van der Waals surface area contributed by atoms with Crippen molar-refractivity contribution in [1.82, 2.24) is 0 Å². The van der Waals surface area contributed by atoms with Crippen LogP contribution in [-0.2, 0) is 11.2 Å². The van der Waals surface area contributed by atoms with Crippen molar-refractivity contribution in [2.45, 2.75) is 12.8 Å². The highest BCUT2D eigenvalue weighted by Crippen LogP contribution is 2.29. The van der Waals surface area contributed by atoms with Gasteiger partial charge in [0.15, 0.2) is 12.4 Å². The number of carboxylic acid groups (broad SMARTS) is 1. The third kappa shape index (κ3) is 3.88. The molecule has 0 radical (unpaired) electrons. The first-order valence-electron chi connectivity index (χ1n) is 7.93. The van der Waals surface area contributed by atoms with Crippen LogP contribution < -0.4 is 9.47 Å². The predicted octanol–water partition coefficient (Wildman–Crippen LogP) is 3.37. The number of benzene rings is 2. The number of fused-ring (bicyclic) bond motifs is 1. The fourth-order valence-corrected chi connectivity index (χ4v) is 2.83. The van der Waals surface area contributed by atoms with E-state index in [4.69, 9.17) is 14.6 Å². The van der Waals surface area contributed by atoms with E-state index in [9.17, 15) is 9.59 Å². The average molecular weight is 338 g/mol. The van der Waals surface area contributed by atoms with Gasteiger partial charge in [-0.15, -0.1) is 0 Å². The third-order valence-electron chi connectivity index (χ3n) is 4.10. The number of rotatable bonds is 5. The number of aryl methyl sites for hydroxylation is 1. The van der Waals surface area contributed by atoms with Crippen LogP contribution in [0.1, 0.15) is 27.9 Å². The molecule has 1 N–H and O–H groups in total. The number of hydrogen-bond donors (Lipinski definition) is 1. The second-order valence-corrected chi connectivity index (χ2v) is 5.77. The SMILES string of the molecule is COc1ccc2c(c1)CCC(=Cc1ccc(OCC(=O)O)cc1)C2=O. The van der Waals surface area contributed by atoms with Crippen LogP contribution >= 0.6 is 0 Å². The van der Waals surface area contributed by atoms with E-state index in [1.165, 1.54) is 0 Å². The van der Waals surface area contributed by atoms with Gasteiger partial charge in [0.25, 0.3) is 0 Å². The van der Waals surface area contributed by atoms with Crippen LogP contribution in [-0.4, -0.2) is 30.6 Å². The molecule has 5 heteroatoms. The van der Waals surface area contributed by atoms with E-state index in [2.05, 4.69) is 0 Å². The second kappa shape index (κ2) is 7.21. The van der Waals surface area contributed by atoms with Gasteiger partial charge in [-0.3, -0.25) is 4.79 Å². The maximum Gasteiger partial charge on any atom is 0.341 e. The zero-order valence-corrected chi connectivity index (χ0v) is 13.8. The number of Topliss-reactive ketones (excluding diaryl/α,β-unsaturated/α-hetero) is 1. The van der Waals surface area contributed by atoms with Gasteiger partial charge >= 0.3 is 5.97 Å². The molecule has 1 aliphatic rings. The molecule has 0 heterocycles. The Morgan fingerprint density at radius 2 is 1.84 bits per heavy atom. The summed E-state index contributed by atoms with van der Waals surface area (Å²) in [5.74, 6) is 0.261. The molecular weight excluding hydrogens is 320 g/mol. The van der Waals surface area contributed by atoms with Crippen molar-refractivity contribution < 1.29 is 24.2 Å². The molecule has 0 amide bonds. The molecule has 25 heavy (non-hydrogen) atoms. The Kier molecular flexibility index (Phi) is 4.84. The van der Waals surface area contributed by atoms with Crippen molar-refractivity contribution in [3.63, 3.8) is 0 Å². The zero-order valence-electron chi connectivity index (χ0n) is 13.8. The lowest BCUT2D eigenvalue weighted by atomic mass is 9.86. The molecule has 0 saturated carbocycles. The molecule has 5 nitrogen and oxygen atoms in total. The van der Waals surface area contributed by atoms with E-state index in [0.717, 1.165) is 34.4 Å². The smallest absolute Gasteiger partial charge is 0.341 e. The molecule has 2 aromatic carbocycles. The molecule has 128 valence electrons. The summed E-state index contributed by atoms with van der Waals surface area (Å²) in [5.41, 5.74) is 3.37. The number of aliphatic carboxylic acids is 1. The predicted molar refractivity (Wildman–Crippen MR) is 93.2 cm³/mol. The van der Waals surface area contributed by atoms with Crippen molar-refractivity contribution in [2.75, 3.05) is 13.7 Å². The molecule has 2 aromatic rings. The lowest BCUT2D eigenvalue weighted by Gasteiger charge is -2.18. The number of carbonyl (C=O) groups is 2. The summed E-state index contributed by atoms with van der Waals surface area (Å²) in [7, 11) is 1.61. The maximum atomic E-state index is 12.7. The normalized spacial score (nSPS) is 14.9. The van der Waals surface area contributed by atoms with E-state index >= 15 is 0 Å². The molecular formula is C20H18O5. The van der Waals surface area contributed by atoms with Crippen molar-refractivity contribution in [1.29, 1.82) is 0 Å². The molecule has 3 rings (SSSR count). The Hall–Kier alpha value is -3.08. The molecule has 0 unspecified atom stereocenters. The lowest BCUT2D eigenvalue weighted by molar-refractivity contribution is -0.139. The molecule has 0 fully saturated rings. The summed E-state index contributed by atoms with van der Waals surface area (Å²) in [4.78, 5) is 23.2. The number of methoxy groups -OCH3 is 1. The lowest BCUT2D eigenvalue weighted by Crippen LogP contribution is -2.14. The summed E-state index contributed by atoms with van der Waals surface area (Å²) in [6.07, 6.45) is 3.34. The number of carbonyl (C=O) groups excluding carboxylic acids is 1. The Labute approximate surface area is 145 Å². The first-order chi connectivity index (χ1) is 12.1. The van der Waals surface area contributed by atoms with E-state index in [-0.39, 0.29) is 12.4 Å². The topological polar surface area (TPSA) is 72.8 Å². The number of allylic oxidation sites excluding steroid dienone is 1. The first kappa shape index (κ1) is 16.8. The molecule has 0 atom stereocenters. The van der Waals surface area contributed by atoms with Gasteiger partial charge in [0.2, 0.25) is 0 Å². The molecule has 0 spiro atoms. The highest BCUT2D eigenvalue weighted by Gasteiger charge is 2.22. The van der Waals surface area contributed by atoms with Crippen molar-refractivity contribution >= 4 is 17.8 Å². The third-order valence-corrected chi connectivity index (χ3v) is 4.10. The summed E-state index contributed by atoms with van der Waals surface area (Å²) >= 11 is 0. The number of hydrogen-bond acceptors (Lipinski definition) is 4. The van der Waals surface area contributed by atoms with Gasteiger partial charge in [-0.25, -0.2) is 4.79 Å². The van der Waals surface area contributed by atoms with Crippen LogP contribution in [0.4, 0.5) is 0 Å². The standard InChI is InChI=1S/C20H18O5/c1-24-17-8-9-18-14(11-17)4-5-15(20(18)23)10-13-2-6-16(7-3-13)25-12-19(21)22/h2-3,6-11H,4-5,12H2,1H3,(H,21,22). The van der Waals surface area contributed by atoms with Gasteiger partial charge in [-0.1, -0.05) is 12.1 Å². The van der Waals surface area contributed by atoms with Crippen LogP contribution in [0.15, 0.2) is 48.0 Å². The Morgan fingerprint density at radius 1 is 1.12 bits per heavy atom. The van der Waals surface area contributed by atoms with Gasteiger partial charge in [-0.05, 0) is 60.4 Å². The van der Waals surface area contributed by atoms with Crippen LogP contribution in [0.25, 0.3) is 6.08 Å². The summed E-state index contributed by atoms with van der Waals surface area (Å²) < 4.78 is 10.3. The summed E-state index contributed by atoms with van der Waals surface area (Å²) in [5, 5.41) is 8.61. The number of ketones is 1.